The van der Waals surface area contributed by atoms with Crippen LogP contribution in [0.4, 0.5) is 5.69 Å². The molecule has 1 heterocycles. The highest BCUT2D eigenvalue weighted by Crippen LogP contribution is 2.27. The van der Waals surface area contributed by atoms with Gasteiger partial charge >= 0.3 is 0 Å². The second kappa shape index (κ2) is 6.26. The SMILES string of the molecule is O=C(Nc1cccc(C(=O)N2CCOCC2)c1)C1CCC1. The highest BCUT2D eigenvalue weighted by atomic mass is 16.5. The molecule has 5 nitrogen and oxygen atoms in total. The van der Waals surface area contributed by atoms with E-state index in [9.17, 15) is 9.59 Å². The molecular formula is C16H20N2O3. The van der Waals surface area contributed by atoms with Crippen molar-refractivity contribution in [1.29, 1.82) is 0 Å². The summed E-state index contributed by atoms with van der Waals surface area (Å²) < 4.78 is 5.26. The van der Waals surface area contributed by atoms with Crippen LogP contribution in [0.3, 0.4) is 0 Å². The number of hydrogen-bond acceptors (Lipinski definition) is 3. The third kappa shape index (κ3) is 3.24. The molecule has 21 heavy (non-hydrogen) atoms. The van der Waals surface area contributed by atoms with E-state index >= 15 is 0 Å². The molecule has 2 amide bonds. The minimum Gasteiger partial charge on any atom is -0.378 e. The lowest BCUT2D eigenvalue weighted by Crippen LogP contribution is -2.40. The molecule has 1 aromatic carbocycles. The van der Waals surface area contributed by atoms with Crippen molar-refractivity contribution < 1.29 is 14.3 Å². The fourth-order valence-corrected chi connectivity index (χ4v) is 2.59. The molecule has 0 atom stereocenters. The Bertz CT molecular complexity index is 534. The molecule has 1 saturated heterocycles. The predicted molar refractivity (Wildman–Crippen MR) is 79.1 cm³/mol. The first-order valence-electron chi connectivity index (χ1n) is 7.52. The third-order valence-corrected chi connectivity index (χ3v) is 4.15. The molecule has 0 spiro atoms. The summed E-state index contributed by atoms with van der Waals surface area (Å²) in [4.78, 5) is 26.1. The molecule has 0 unspecified atom stereocenters. The van der Waals surface area contributed by atoms with Crippen molar-refractivity contribution in [3.63, 3.8) is 0 Å². The Morgan fingerprint density at radius 1 is 1.19 bits per heavy atom. The normalized spacial score (nSPS) is 19.0. The predicted octanol–water partition coefficient (Wildman–Crippen LogP) is 1.90. The fraction of sp³-hybridized carbons (Fsp3) is 0.500. The average Bonchev–Trinajstić information content (AvgIpc) is 2.46. The van der Waals surface area contributed by atoms with Crippen LogP contribution in [-0.2, 0) is 9.53 Å². The highest BCUT2D eigenvalue weighted by molar-refractivity contribution is 5.97. The lowest BCUT2D eigenvalue weighted by molar-refractivity contribution is -0.122. The van der Waals surface area contributed by atoms with E-state index in [4.69, 9.17) is 4.74 Å². The van der Waals surface area contributed by atoms with Crippen LogP contribution in [0.25, 0.3) is 0 Å². The van der Waals surface area contributed by atoms with Crippen LogP contribution < -0.4 is 5.32 Å². The van der Waals surface area contributed by atoms with Gasteiger partial charge in [0.25, 0.3) is 5.91 Å². The molecule has 2 aliphatic rings. The number of nitrogens with one attached hydrogen (secondary N) is 1. The summed E-state index contributed by atoms with van der Waals surface area (Å²) in [6.45, 7) is 2.42. The van der Waals surface area contributed by atoms with Gasteiger partial charge in [-0.1, -0.05) is 12.5 Å². The zero-order valence-corrected chi connectivity index (χ0v) is 12.0. The van der Waals surface area contributed by atoms with Gasteiger partial charge in [-0.3, -0.25) is 9.59 Å². The zero-order valence-electron chi connectivity index (χ0n) is 12.0. The number of hydrogen-bond donors (Lipinski definition) is 1. The van der Waals surface area contributed by atoms with Gasteiger partial charge in [0.05, 0.1) is 13.2 Å². The van der Waals surface area contributed by atoms with Crippen molar-refractivity contribution in [2.45, 2.75) is 19.3 Å². The Kier molecular flexibility index (Phi) is 4.20. The maximum Gasteiger partial charge on any atom is 0.254 e. The summed E-state index contributed by atoms with van der Waals surface area (Å²) in [6, 6.07) is 7.18. The minimum atomic E-state index is -0.00181. The van der Waals surface area contributed by atoms with Gasteiger partial charge in [0.1, 0.15) is 0 Å². The number of nitrogens with zero attached hydrogens (tertiary/aromatic N) is 1. The molecule has 5 heteroatoms. The number of amides is 2. The van der Waals surface area contributed by atoms with Gasteiger partial charge in [0.15, 0.2) is 0 Å². The van der Waals surface area contributed by atoms with Gasteiger partial charge in [-0.2, -0.15) is 0 Å². The van der Waals surface area contributed by atoms with E-state index in [1.807, 2.05) is 12.1 Å². The molecule has 1 aromatic rings. The van der Waals surface area contributed by atoms with Crippen molar-refractivity contribution in [2.24, 2.45) is 5.92 Å². The van der Waals surface area contributed by atoms with E-state index in [-0.39, 0.29) is 17.7 Å². The van der Waals surface area contributed by atoms with E-state index in [2.05, 4.69) is 5.32 Å². The van der Waals surface area contributed by atoms with Crippen LogP contribution in [0.15, 0.2) is 24.3 Å². The fourth-order valence-electron chi connectivity index (χ4n) is 2.59. The van der Waals surface area contributed by atoms with Gasteiger partial charge in [-0.05, 0) is 31.0 Å². The molecule has 3 rings (SSSR count). The molecule has 0 bridgehead atoms. The first-order valence-corrected chi connectivity index (χ1v) is 7.52. The summed E-state index contributed by atoms with van der Waals surface area (Å²) >= 11 is 0. The summed E-state index contributed by atoms with van der Waals surface area (Å²) in [5, 5.41) is 2.91. The largest absolute Gasteiger partial charge is 0.378 e. The van der Waals surface area contributed by atoms with Crippen LogP contribution in [0, 0.1) is 5.92 Å². The van der Waals surface area contributed by atoms with Crippen LogP contribution in [0.1, 0.15) is 29.6 Å². The molecule has 1 aliphatic heterocycles. The van der Waals surface area contributed by atoms with Gasteiger partial charge < -0.3 is 15.0 Å². The second-order valence-corrected chi connectivity index (χ2v) is 5.60. The van der Waals surface area contributed by atoms with Gasteiger partial charge in [-0.25, -0.2) is 0 Å². The van der Waals surface area contributed by atoms with Gasteiger partial charge in [0, 0.05) is 30.3 Å². The second-order valence-electron chi connectivity index (χ2n) is 5.60. The van der Waals surface area contributed by atoms with E-state index in [1.165, 1.54) is 0 Å². The molecule has 2 fully saturated rings. The smallest absolute Gasteiger partial charge is 0.254 e. The molecular weight excluding hydrogens is 268 g/mol. The van der Waals surface area contributed by atoms with Gasteiger partial charge in [-0.15, -0.1) is 0 Å². The Balaban J connectivity index is 1.67. The lowest BCUT2D eigenvalue weighted by Gasteiger charge is -2.27. The van der Waals surface area contributed by atoms with E-state index in [1.54, 1.807) is 17.0 Å². The highest BCUT2D eigenvalue weighted by Gasteiger charge is 2.25. The number of benzene rings is 1. The quantitative estimate of drug-likeness (QED) is 0.924. The molecule has 1 saturated carbocycles. The minimum absolute atomic E-state index is 0.00181. The molecule has 1 N–H and O–H groups in total. The maximum atomic E-state index is 12.4. The van der Waals surface area contributed by atoms with Gasteiger partial charge in [0.2, 0.25) is 5.91 Å². The number of ether oxygens (including phenoxy) is 1. The maximum absolute atomic E-state index is 12.4. The van der Waals surface area contributed by atoms with E-state index < -0.39 is 0 Å². The first kappa shape index (κ1) is 14.1. The summed E-state index contributed by atoms with van der Waals surface area (Å²) in [5.41, 5.74) is 1.31. The molecule has 0 radical (unpaired) electrons. The van der Waals surface area contributed by atoms with Crippen molar-refractivity contribution in [1.82, 2.24) is 4.90 Å². The van der Waals surface area contributed by atoms with Crippen molar-refractivity contribution >= 4 is 17.5 Å². The molecule has 0 aromatic heterocycles. The average molecular weight is 288 g/mol. The monoisotopic (exact) mass is 288 g/mol. The Morgan fingerprint density at radius 2 is 1.95 bits per heavy atom. The van der Waals surface area contributed by atoms with Crippen LogP contribution >= 0.6 is 0 Å². The topological polar surface area (TPSA) is 58.6 Å². The van der Waals surface area contributed by atoms with Crippen LogP contribution in [-0.4, -0.2) is 43.0 Å². The Labute approximate surface area is 124 Å². The van der Waals surface area contributed by atoms with E-state index in [0.29, 0.717) is 37.6 Å². The first-order chi connectivity index (χ1) is 10.2. The lowest BCUT2D eigenvalue weighted by atomic mass is 9.85. The summed E-state index contributed by atoms with van der Waals surface area (Å²) in [5.74, 6) is 0.207. The van der Waals surface area contributed by atoms with Crippen LogP contribution in [0.5, 0.6) is 0 Å². The van der Waals surface area contributed by atoms with Crippen molar-refractivity contribution in [3.8, 4) is 0 Å². The summed E-state index contributed by atoms with van der Waals surface area (Å²) in [7, 11) is 0. The summed E-state index contributed by atoms with van der Waals surface area (Å²) in [6.07, 6.45) is 3.07. The Morgan fingerprint density at radius 3 is 2.62 bits per heavy atom. The van der Waals surface area contributed by atoms with Crippen LogP contribution in [0.2, 0.25) is 0 Å². The Hall–Kier alpha value is -1.88. The number of morpholine rings is 1. The zero-order chi connectivity index (χ0) is 14.7. The van der Waals surface area contributed by atoms with E-state index in [0.717, 1.165) is 19.3 Å². The standard InChI is InChI=1S/C16H20N2O3/c19-15(12-3-1-4-12)17-14-6-2-5-13(11-14)16(20)18-7-9-21-10-8-18/h2,5-6,11-12H,1,3-4,7-10H2,(H,17,19). The third-order valence-electron chi connectivity index (χ3n) is 4.15. The van der Waals surface area contributed by atoms with Crippen molar-refractivity contribution in [2.75, 3.05) is 31.6 Å². The number of carbonyl (C=O) groups is 2. The number of carbonyl (C=O) groups excluding carboxylic acids is 2. The number of rotatable bonds is 3. The van der Waals surface area contributed by atoms with Crippen molar-refractivity contribution in [3.05, 3.63) is 29.8 Å². The molecule has 112 valence electrons. The molecule has 1 aliphatic carbocycles. The number of anilines is 1.